The SMILES string of the molecule is Cc1cccc(-c2nn(-c3ccccc3)cc2C(=O)NCC2CC2)c1. The zero-order valence-corrected chi connectivity index (χ0v) is 14.3. The first-order valence-corrected chi connectivity index (χ1v) is 8.71. The van der Waals surface area contributed by atoms with Crippen LogP contribution in [0.15, 0.2) is 60.8 Å². The molecule has 1 N–H and O–H groups in total. The lowest BCUT2D eigenvalue weighted by Crippen LogP contribution is -2.25. The lowest BCUT2D eigenvalue weighted by molar-refractivity contribution is 0.0952. The number of rotatable bonds is 5. The largest absolute Gasteiger partial charge is 0.352 e. The zero-order chi connectivity index (χ0) is 17.2. The molecule has 0 radical (unpaired) electrons. The highest BCUT2D eigenvalue weighted by atomic mass is 16.1. The van der Waals surface area contributed by atoms with E-state index in [9.17, 15) is 4.79 Å². The van der Waals surface area contributed by atoms with Crippen LogP contribution in [-0.2, 0) is 0 Å². The van der Waals surface area contributed by atoms with E-state index in [-0.39, 0.29) is 5.91 Å². The van der Waals surface area contributed by atoms with E-state index in [0.717, 1.165) is 29.1 Å². The third-order valence-electron chi connectivity index (χ3n) is 4.52. The van der Waals surface area contributed by atoms with Crippen LogP contribution >= 0.6 is 0 Å². The quantitative estimate of drug-likeness (QED) is 0.768. The number of carbonyl (C=O) groups is 1. The predicted molar refractivity (Wildman–Crippen MR) is 98.8 cm³/mol. The monoisotopic (exact) mass is 331 g/mol. The average Bonchev–Trinajstić information content (AvgIpc) is 3.36. The Balaban J connectivity index is 1.74. The highest BCUT2D eigenvalue weighted by Crippen LogP contribution is 2.28. The van der Waals surface area contributed by atoms with Gasteiger partial charge in [0.25, 0.3) is 5.91 Å². The number of aryl methyl sites for hydroxylation is 1. The van der Waals surface area contributed by atoms with Crippen molar-refractivity contribution in [3.63, 3.8) is 0 Å². The van der Waals surface area contributed by atoms with Crippen LogP contribution < -0.4 is 5.32 Å². The minimum atomic E-state index is -0.0504. The number of amides is 1. The highest BCUT2D eigenvalue weighted by Gasteiger charge is 2.24. The summed E-state index contributed by atoms with van der Waals surface area (Å²) in [5.74, 6) is 0.598. The number of hydrogen-bond acceptors (Lipinski definition) is 2. The Bertz CT molecular complexity index is 895. The van der Waals surface area contributed by atoms with E-state index in [1.807, 2.05) is 61.7 Å². The summed E-state index contributed by atoms with van der Waals surface area (Å²) in [7, 11) is 0. The van der Waals surface area contributed by atoms with Crippen LogP contribution in [-0.4, -0.2) is 22.2 Å². The molecule has 3 aromatic rings. The molecule has 1 amide bonds. The lowest BCUT2D eigenvalue weighted by atomic mass is 10.1. The molecule has 126 valence electrons. The molecule has 0 bridgehead atoms. The summed E-state index contributed by atoms with van der Waals surface area (Å²) in [5.41, 5.74) is 4.40. The van der Waals surface area contributed by atoms with Crippen LogP contribution in [0.25, 0.3) is 16.9 Å². The molecule has 1 fully saturated rings. The summed E-state index contributed by atoms with van der Waals surface area (Å²) in [6.45, 7) is 2.80. The van der Waals surface area contributed by atoms with Crippen LogP contribution in [0, 0.1) is 12.8 Å². The van der Waals surface area contributed by atoms with E-state index in [1.54, 1.807) is 4.68 Å². The Morgan fingerprint density at radius 1 is 1.16 bits per heavy atom. The number of para-hydroxylation sites is 1. The van der Waals surface area contributed by atoms with Crippen LogP contribution in [0.3, 0.4) is 0 Å². The van der Waals surface area contributed by atoms with Gasteiger partial charge in [-0.05, 0) is 43.9 Å². The van der Waals surface area contributed by atoms with Gasteiger partial charge < -0.3 is 5.32 Å². The smallest absolute Gasteiger partial charge is 0.255 e. The zero-order valence-electron chi connectivity index (χ0n) is 14.3. The minimum Gasteiger partial charge on any atom is -0.352 e. The Labute approximate surface area is 147 Å². The second kappa shape index (κ2) is 6.55. The van der Waals surface area contributed by atoms with Crippen LogP contribution in [0.5, 0.6) is 0 Å². The second-order valence-corrected chi connectivity index (χ2v) is 6.69. The molecule has 1 aliphatic rings. The van der Waals surface area contributed by atoms with Crippen LogP contribution in [0.1, 0.15) is 28.8 Å². The topological polar surface area (TPSA) is 46.9 Å². The molecule has 0 saturated heterocycles. The van der Waals surface area contributed by atoms with Crippen molar-refractivity contribution in [1.29, 1.82) is 0 Å². The minimum absolute atomic E-state index is 0.0504. The second-order valence-electron chi connectivity index (χ2n) is 6.69. The molecule has 0 unspecified atom stereocenters. The Morgan fingerprint density at radius 2 is 1.96 bits per heavy atom. The standard InChI is InChI=1S/C21H21N3O/c1-15-6-5-7-17(12-15)20-19(21(25)22-13-16-10-11-16)14-24(23-20)18-8-3-2-4-9-18/h2-9,12,14,16H,10-11,13H2,1H3,(H,22,25). The molecule has 2 aromatic carbocycles. The first-order chi connectivity index (χ1) is 12.2. The first-order valence-electron chi connectivity index (χ1n) is 8.71. The highest BCUT2D eigenvalue weighted by molar-refractivity contribution is 6.00. The van der Waals surface area contributed by atoms with Gasteiger partial charge in [0.05, 0.1) is 11.3 Å². The molecule has 1 aromatic heterocycles. The van der Waals surface area contributed by atoms with Crippen LogP contribution in [0.2, 0.25) is 0 Å². The molecule has 1 saturated carbocycles. The van der Waals surface area contributed by atoms with Gasteiger partial charge in [0, 0.05) is 18.3 Å². The van der Waals surface area contributed by atoms with E-state index < -0.39 is 0 Å². The fourth-order valence-corrected chi connectivity index (χ4v) is 2.91. The number of aromatic nitrogens is 2. The number of hydrogen-bond donors (Lipinski definition) is 1. The van der Waals surface area contributed by atoms with Gasteiger partial charge in [-0.3, -0.25) is 4.79 Å². The Kier molecular flexibility index (Phi) is 4.10. The third-order valence-corrected chi connectivity index (χ3v) is 4.52. The van der Waals surface area contributed by atoms with Gasteiger partial charge in [-0.25, -0.2) is 4.68 Å². The number of benzene rings is 2. The summed E-state index contributed by atoms with van der Waals surface area (Å²) in [5, 5.41) is 7.77. The van der Waals surface area contributed by atoms with Gasteiger partial charge in [-0.15, -0.1) is 0 Å². The maximum Gasteiger partial charge on any atom is 0.255 e. The number of carbonyl (C=O) groups excluding carboxylic acids is 1. The summed E-state index contributed by atoms with van der Waals surface area (Å²) < 4.78 is 1.78. The summed E-state index contributed by atoms with van der Waals surface area (Å²) in [6.07, 6.45) is 4.26. The molecule has 4 heteroatoms. The molecule has 4 rings (SSSR count). The number of nitrogens with one attached hydrogen (secondary N) is 1. The van der Waals surface area contributed by atoms with Gasteiger partial charge in [0.15, 0.2) is 0 Å². The van der Waals surface area contributed by atoms with Crippen molar-refractivity contribution >= 4 is 5.91 Å². The molecule has 4 nitrogen and oxygen atoms in total. The van der Waals surface area contributed by atoms with Crippen molar-refractivity contribution < 1.29 is 4.79 Å². The normalized spacial score (nSPS) is 13.6. The van der Waals surface area contributed by atoms with Crippen molar-refractivity contribution in [3.8, 4) is 16.9 Å². The molecule has 0 atom stereocenters. The Morgan fingerprint density at radius 3 is 2.68 bits per heavy atom. The van der Waals surface area contributed by atoms with Crippen molar-refractivity contribution in [3.05, 3.63) is 71.9 Å². The van der Waals surface area contributed by atoms with E-state index in [1.165, 1.54) is 12.8 Å². The third kappa shape index (κ3) is 3.48. The van der Waals surface area contributed by atoms with Gasteiger partial charge in [0.2, 0.25) is 0 Å². The van der Waals surface area contributed by atoms with Crippen molar-refractivity contribution in [2.75, 3.05) is 6.54 Å². The van der Waals surface area contributed by atoms with E-state index in [2.05, 4.69) is 11.4 Å². The fraction of sp³-hybridized carbons (Fsp3) is 0.238. The summed E-state index contributed by atoms with van der Waals surface area (Å²) >= 11 is 0. The molecule has 1 aliphatic carbocycles. The van der Waals surface area contributed by atoms with Gasteiger partial charge in [-0.2, -0.15) is 5.10 Å². The van der Waals surface area contributed by atoms with Crippen molar-refractivity contribution in [2.24, 2.45) is 5.92 Å². The Hall–Kier alpha value is -2.88. The fourth-order valence-electron chi connectivity index (χ4n) is 2.91. The van der Waals surface area contributed by atoms with Gasteiger partial charge in [0.1, 0.15) is 5.69 Å². The predicted octanol–water partition coefficient (Wildman–Crippen LogP) is 3.99. The molecule has 0 spiro atoms. The van der Waals surface area contributed by atoms with Crippen molar-refractivity contribution in [1.82, 2.24) is 15.1 Å². The molecule has 1 heterocycles. The lowest BCUT2D eigenvalue weighted by Gasteiger charge is -2.05. The van der Waals surface area contributed by atoms with Gasteiger partial charge >= 0.3 is 0 Å². The number of nitrogens with zero attached hydrogens (tertiary/aromatic N) is 2. The summed E-state index contributed by atoms with van der Waals surface area (Å²) in [6, 6.07) is 18.0. The average molecular weight is 331 g/mol. The maximum absolute atomic E-state index is 12.7. The van der Waals surface area contributed by atoms with E-state index in [0.29, 0.717) is 11.5 Å². The first kappa shape index (κ1) is 15.6. The van der Waals surface area contributed by atoms with E-state index in [4.69, 9.17) is 5.10 Å². The van der Waals surface area contributed by atoms with Gasteiger partial charge in [-0.1, -0.05) is 42.0 Å². The molecule has 25 heavy (non-hydrogen) atoms. The van der Waals surface area contributed by atoms with Crippen LogP contribution in [0.4, 0.5) is 0 Å². The molecular weight excluding hydrogens is 310 g/mol. The maximum atomic E-state index is 12.7. The van der Waals surface area contributed by atoms with E-state index >= 15 is 0 Å². The molecular formula is C21H21N3O. The summed E-state index contributed by atoms with van der Waals surface area (Å²) in [4.78, 5) is 12.7. The molecule has 0 aliphatic heterocycles. The van der Waals surface area contributed by atoms with Crippen molar-refractivity contribution in [2.45, 2.75) is 19.8 Å².